The van der Waals surface area contributed by atoms with Gasteiger partial charge in [0.1, 0.15) is 6.10 Å². The molecular formula is C17H33FO2. The summed E-state index contributed by atoms with van der Waals surface area (Å²) >= 11 is 0. The number of alkyl halides is 1. The lowest BCUT2D eigenvalue weighted by Gasteiger charge is -2.36. The largest absolute Gasteiger partial charge is 0.460 e. The second kappa shape index (κ2) is 9.36. The zero-order valence-electron chi connectivity index (χ0n) is 14.2. The number of hydrogen-bond acceptors (Lipinski definition) is 2. The van der Waals surface area contributed by atoms with E-state index < -0.39 is 12.1 Å². The molecule has 1 atom stereocenters. The van der Waals surface area contributed by atoms with E-state index in [2.05, 4.69) is 20.8 Å². The minimum atomic E-state index is -1.43. The summed E-state index contributed by atoms with van der Waals surface area (Å²) in [6.45, 7) is 12.6. The second-order valence-electron chi connectivity index (χ2n) is 6.53. The van der Waals surface area contributed by atoms with E-state index in [-0.39, 0.29) is 12.5 Å². The fourth-order valence-corrected chi connectivity index (χ4v) is 2.66. The van der Waals surface area contributed by atoms with E-state index in [0.29, 0.717) is 17.8 Å². The number of carbonyl (C=O) groups excluding carboxylic acids is 1. The van der Waals surface area contributed by atoms with Crippen LogP contribution in [-0.2, 0) is 9.53 Å². The van der Waals surface area contributed by atoms with E-state index in [1.165, 1.54) is 0 Å². The number of ether oxygens (including phenoxy) is 1. The molecule has 2 nitrogen and oxygen atoms in total. The summed E-state index contributed by atoms with van der Waals surface area (Å²) in [4.78, 5) is 11.5. The highest BCUT2D eigenvalue weighted by Crippen LogP contribution is 2.38. The highest BCUT2D eigenvalue weighted by Gasteiger charge is 2.32. The fraction of sp³-hybridized carbons (Fsp3) is 0.941. The molecule has 0 N–H and O–H groups in total. The van der Waals surface area contributed by atoms with Gasteiger partial charge >= 0.3 is 5.97 Å². The van der Waals surface area contributed by atoms with Crippen molar-refractivity contribution in [1.29, 1.82) is 0 Å². The molecule has 20 heavy (non-hydrogen) atoms. The Balaban J connectivity index is 0.00000172. The van der Waals surface area contributed by atoms with Crippen LogP contribution in [0.2, 0.25) is 0 Å². The quantitative estimate of drug-likeness (QED) is 0.656. The molecular weight excluding hydrogens is 255 g/mol. The molecule has 0 aromatic carbocycles. The Morgan fingerprint density at radius 1 is 1.20 bits per heavy atom. The molecule has 0 spiro atoms. The van der Waals surface area contributed by atoms with Crippen LogP contribution in [-0.4, -0.2) is 18.2 Å². The molecule has 0 aliphatic heterocycles. The Labute approximate surface area is 124 Å². The Bertz CT molecular complexity index is 263. The van der Waals surface area contributed by atoms with E-state index in [4.69, 9.17) is 4.74 Å². The molecule has 0 amide bonds. The summed E-state index contributed by atoms with van der Waals surface area (Å²) in [6, 6.07) is 0. The van der Waals surface area contributed by atoms with E-state index >= 15 is 0 Å². The van der Waals surface area contributed by atoms with Gasteiger partial charge in [-0.3, -0.25) is 0 Å². The third-order valence-electron chi connectivity index (χ3n) is 3.98. The fourth-order valence-electron chi connectivity index (χ4n) is 2.66. The van der Waals surface area contributed by atoms with Crippen LogP contribution in [0.4, 0.5) is 4.39 Å². The Morgan fingerprint density at radius 3 is 2.10 bits per heavy atom. The van der Waals surface area contributed by atoms with Crippen molar-refractivity contribution in [2.24, 2.45) is 11.3 Å². The molecule has 0 saturated heterocycles. The zero-order valence-corrected chi connectivity index (χ0v) is 14.2. The predicted octanol–water partition coefficient (Wildman–Crippen LogP) is 5.30. The third-order valence-corrected chi connectivity index (χ3v) is 3.98. The van der Waals surface area contributed by atoms with Crippen molar-refractivity contribution in [2.45, 2.75) is 92.3 Å². The summed E-state index contributed by atoms with van der Waals surface area (Å²) in [5, 5.41) is 0. The summed E-state index contributed by atoms with van der Waals surface area (Å²) in [5.41, 5.74) is 0.319. The van der Waals surface area contributed by atoms with Crippen LogP contribution in [0.3, 0.4) is 0 Å². The van der Waals surface area contributed by atoms with Crippen molar-refractivity contribution in [3.63, 3.8) is 0 Å². The smallest absolute Gasteiger partial charge is 0.340 e. The van der Waals surface area contributed by atoms with Crippen LogP contribution in [0.5, 0.6) is 0 Å². The molecule has 1 fully saturated rings. The lowest BCUT2D eigenvalue weighted by Crippen LogP contribution is -2.32. The van der Waals surface area contributed by atoms with Gasteiger partial charge in [0.2, 0.25) is 0 Å². The van der Waals surface area contributed by atoms with Gasteiger partial charge in [0.05, 0.1) is 0 Å². The first-order valence-electron chi connectivity index (χ1n) is 8.19. The topological polar surface area (TPSA) is 26.3 Å². The number of carbonyl (C=O) groups is 1. The monoisotopic (exact) mass is 288 g/mol. The van der Waals surface area contributed by atoms with Crippen LogP contribution < -0.4 is 0 Å². The average molecular weight is 288 g/mol. The molecule has 0 aromatic rings. The molecule has 1 aliphatic carbocycles. The van der Waals surface area contributed by atoms with E-state index in [0.717, 1.165) is 25.7 Å². The lowest BCUT2D eigenvalue weighted by atomic mass is 9.72. The Kier molecular flexibility index (Phi) is 9.08. The first-order chi connectivity index (χ1) is 9.34. The Hall–Kier alpha value is -0.600. The molecule has 1 aliphatic rings. The number of halogens is 1. The van der Waals surface area contributed by atoms with Crippen LogP contribution >= 0.6 is 0 Å². The summed E-state index contributed by atoms with van der Waals surface area (Å²) in [5.74, 6) is 0.0281. The summed E-state index contributed by atoms with van der Waals surface area (Å²) in [6.07, 6.45) is 3.36. The average Bonchev–Trinajstić information content (AvgIpc) is 2.41. The third kappa shape index (κ3) is 6.71. The SMILES string of the molecule is CC.CCCC(F)C(=O)OC1CCC(C(C)(C)C)CC1. The highest BCUT2D eigenvalue weighted by molar-refractivity contribution is 5.74. The van der Waals surface area contributed by atoms with E-state index in [1.807, 2.05) is 20.8 Å². The normalized spacial score (nSPS) is 24.4. The second-order valence-corrected chi connectivity index (χ2v) is 6.53. The summed E-state index contributed by atoms with van der Waals surface area (Å²) in [7, 11) is 0. The molecule has 3 heteroatoms. The van der Waals surface area contributed by atoms with Crippen molar-refractivity contribution in [3.05, 3.63) is 0 Å². The maximum absolute atomic E-state index is 13.3. The molecule has 1 rings (SSSR count). The first-order valence-corrected chi connectivity index (χ1v) is 8.19. The van der Waals surface area contributed by atoms with Crippen molar-refractivity contribution >= 4 is 5.97 Å². The molecule has 0 radical (unpaired) electrons. The number of rotatable bonds is 4. The predicted molar refractivity (Wildman–Crippen MR) is 82.4 cm³/mol. The highest BCUT2D eigenvalue weighted by atomic mass is 19.1. The van der Waals surface area contributed by atoms with Gasteiger partial charge in [-0.25, -0.2) is 9.18 Å². The van der Waals surface area contributed by atoms with Gasteiger partial charge in [0.25, 0.3) is 0 Å². The molecule has 120 valence electrons. The minimum absolute atomic E-state index is 0.0637. The first kappa shape index (κ1) is 19.4. The standard InChI is InChI=1S/C15H27FO2.C2H6/c1-5-6-13(16)14(17)18-12-9-7-11(8-10-12)15(2,3)4;1-2/h11-13H,5-10H2,1-4H3;1-2H3. The van der Waals surface area contributed by atoms with Crippen LogP contribution in [0, 0.1) is 11.3 Å². The van der Waals surface area contributed by atoms with Gasteiger partial charge in [-0.2, -0.15) is 0 Å². The lowest BCUT2D eigenvalue weighted by molar-refractivity contribution is -0.157. The number of esters is 1. The van der Waals surface area contributed by atoms with Gasteiger partial charge in [-0.1, -0.05) is 48.0 Å². The number of hydrogen-bond donors (Lipinski definition) is 0. The van der Waals surface area contributed by atoms with Crippen molar-refractivity contribution < 1.29 is 13.9 Å². The van der Waals surface area contributed by atoms with Gasteiger partial charge in [-0.05, 0) is 43.4 Å². The van der Waals surface area contributed by atoms with Crippen LogP contribution in [0.1, 0.15) is 80.1 Å². The van der Waals surface area contributed by atoms with Crippen molar-refractivity contribution in [1.82, 2.24) is 0 Å². The maximum Gasteiger partial charge on any atom is 0.340 e. The van der Waals surface area contributed by atoms with Crippen molar-refractivity contribution in [2.75, 3.05) is 0 Å². The van der Waals surface area contributed by atoms with Gasteiger partial charge in [0.15, 0.2) is 6.17 Å². The molecule has 0 bridgehead atoms. The molecule has 1 saturated carbocycles. The van der Waals surface area contributed by atoms with Gasteiger partial charge in [-0.15, -0.1) is 0 Å². The molecule has 0 heterocycles. The molecule has 1 unspecified atom stereocenters. The van der Waals surface area contributed by atoms with Gasteiger partial charge < -0.3 is 4.74 Å². The van der Waals surface area contributed by atoms with Crippen molar-refractivity contribution in [3.8, 4) is 0 Å². The van der Waals surface area contributed by atoms with E-state index in [1.54, 1.807) is 0 Å². The minimum Gasteiger partial charge on any atom is -0.460 e. The Morgan fingerprint density at radius 2 is 1.70 bits per heavy atom. The summed E-state index contributed by atoms with van der Waals surface area (Å²) < 4.78 is 18.6. The van der Waals surface area contributed by atoms with E-state index in [9.17, 15) is 9.18 Å². The van der Waals surface area contributed by atoms with Gasteiger partial charge in [0, 0.05) is 0 Å². The maximum atomic E-state index is 13.3. The molecule has 0 aromatic heterocycles. The van der Waals surface area contributed by atoms with Crippen LogP contribution in [0.25, 0.3) is 0 Å². The zero-order chi connectivity index (χ0) is 15.8. The van der Waals surface area contributed by atoms with Crippen LogP contribution in [0.15, 0.2) is 0 Å².